The number of hydrogen-bond acceptors (Lipinski definition) is 4. The Morgan fingerprint density at radius 2 is 1.90 bits per heavy atom. The zero-order chi connectivity index (χ0) is 20.3. The van der Waals surface area contributed by atoms with Crippen LogP contribution in [0.25, 0.3) is 0 Å². The maximum absolute atomic E-state index is 12.4. The number of halogens is 2. The molecule has 9 heteroatoms. The van der Waals surface area contributed by atoms with E-state index in [9.17, 15) is 8.42 Å². The molecule has 1 aliphatic heterocycles. The van der Waals surface area contributed by atoms with Crippen molar-refractivity contribution in [3.8, 4) is 0 Å². The van der Waals surface area contributed by atoms with E-state index < -0.39 is 14.6 Å². The predicted molar refractivity (Wildman–Crippen MR) is 129 cm³/mol. The van der Waals surface area contributed by atoms with Gasteiger partial charge in [0.15, 0.2) is 15.8 Å². The fourth-order valence-corrected chi connectivity index (χ4v) is 5.14. The van der Waals surface area contributed by atoms with Gasteiger partial charge in [0.25, 0.3) is 0 Å². The van der Waals surface area contributed by atoms with E-state index in [-0.39, 0.29) is 35.9 Å². The fraction of sp³-hybridized carbons (Fsp3) is 0.650. The minimum Gasteiger partial charge on any atom is -0.381 e. The Labute approximate surface area is 196 Å². The molecule has 2 aliphatic rings. The highest BCUT2D eigenvalue weighted by Gasteiger charge is 2.45. The van der Waals surface area contributed by atoms with E-state index in [0.29, 0.717) is 38.6 Å². The van der Waals surface area contributed by atoms with Crippen LogP contribution in [0.1, 0.15) is 38.2 Å². The van der Waals surface area contributed by atoms with Crippen molar-refractivity contribution in [1.82, 2.24) is 10.6 Å². The normalized spacial score (nSPS) is 20.4. The first-order chi connectivity index (χ1) is 13.3. The largest absolute Gasteiger partial charge is 0.381 e. The van der Waals surface area contributed by atoms with Gasteiger partial charge in [-0.05, 0) is 50.3 Å². The van der Waals surface area contributed by atoms with Gasteiger partial charge in [-0.15, -0.1) is 24.0 Å². The number of nitrogens with zero attached hydrogens (tertiary/aromatic N) is 1. The van der Waals surface area contributed by atoms with Crippen molar-refractivity contribution in [2.75, 3.05) is 39.1 Å². The lowest BCUT2D eigenvalue weighted by atomic mass is 9.96. The van der Waals surface area contributed by atoms with Crippen LogP contribution in [0.5, 0.6) is 0 Å². The van der Waals surface area contributed by atoms with Crippen LogP contribution in [0.15, 0.2) is 29.3 Å². The van der Waals surface area contributed by atoms with Crippen LogP contribution in [0, 0.1) is 0 Å². The molecular weight excluding hydrogens is 525 g/mol. The molecule has 29 heavy (non-hydrogen) atoms. The molecule has 1 saturated heterocycles. The average Bonchev–Trinajstić information content (AvgIpc) is 3.45. The zero-order valence-corrected chi connectivity index (χ0v) is 20.9. The Bertz CT molecular complexity index is 822. The lowest BCUT2D eigenvalue weighted by molar-refractivity contribution is 0.0768. The first-order valence-electron chi connectivity index (χ1n) is 9.86. The summed E-state index contributed by atoms with van der Waals surface area (Å²) in [5.74, 6) is 0.658. The maximum atomic E-state index is 12.4. The van der Waals surface area contributed by atoms with E-state index in [0.717, 1.165) is 24.4 Å². The summed E-state index contributed by atoms with van der Waals surface area (Å²) in [6.07, 6.45) is 4.49. The van der Waals surface area contributed by atoms with Crippen LogP contribution in [-0.2, 0) is 20.0 Å². The highest BCUT2D eigenvalue weighted by molar-refractivity contribution is 14.0. The van der Waals surface area contributed by atoms with E-state index in [4.69, 9.17) is 16.3 Å². The Morgan fingerprint density at radius 1 is 1.21 bits per heavy atom. The SMILES string of the molecule is CCNC(=NCC1(S(C)(=O)=O)CCOCC1)NCC1(c2cccc(Cl)c2)CC1.I. The molecule has 0 radical (unpaired) electrons. The van der Waals surface area contributed by atoms with Crippen molar-refractivity contribution in [3.63, 3.8) is 0 Å². The molecule has 0 unspecified atom stereocenters. The van der Waals surface area contributed by atoms with Crippen LogP contribution in [-0.4, -0.2) is 58.2 Å². The average molecular weight is 556 g/mol. The summed E-state index contributed by atoms with van der Waals surface area (Å²) >= 11 is 6.16. The molecule has 3 rings (SSSR count). The van der Waals surface area contributed by atoms with Crippen LogP contribution < -0.4 is 10.6 Å². The van der Waals surface area contributed by atoms with E-state index in [1.54, 1.807) is 0 Å². The van der Waals surface area contributed by atoms with Crippen molar-refractivity contribution in [2.24, 2.45) is 4.99 Å². The van der Waals surface area contributed by atoms with E-state index in [1.807, 2.05) is 25.1 Å². The zero-order valence-electron chi connectivity index (χ0n) is 17.0. The molecular formula is C20H31ClIN3O3S. The summed E-state index contributed by atoms with van der Waals surface area (Å²) in [7, 11) is -3.23. The van der Waals surface area contributed by atoms with Gasteiger partial charge < -0.3 is 15.4 Å². The van der Waals surface area contributed by atoms with Crippen molar-refractivity contribution >= 4 is 51.4 Å². The second-order valence-corrected chi connectivity index (χ2v) is 10.8. The molecule has 0 spiro atoms. The Kier molecular flexibility index (Phi) is 8.64. The molecule has 0 amide bonds. The third kappa shape index (κ3) is 5.98. The molecule has 1 aromatic rings. The Hall–Kier alpha value is -0.580. The quantitative estimate of drug-likeness (QED) is 0.307. The van der Waals surface area contributed by atoms with Gasteiger partial charge in [0.1, 0.15) is 0 Å². The van der Waals surface area contributed by atoms with Crippen molar-refractivity contribution in [1.29, 1.82) is 0 Å². The van der Waals surface area contributed by atoms with Crippen molar-refractivity contribution < 1.29 is 13.2 Å². The summed E-state index contributed by atoms with van der Waals surface area (Å²) < 4.78 is 29.4. The third-order valence-corrected chi connectivity index (χ3v) is 8.29. The topological polar surface area (TPSA) is 79.8 Å². The van der Waals surface area contributed by atoms with E-state index >= 15 is 0 Å². The van der Waals surface area contributed by atoms with Gasteiger partial charge >= 0.3 is 0 Å². The molecule has 1 aromatic carbocycles. The third-order valence-electron chi connectivity index (χ3n) is 5.94. The fourth-order valence-electron chi connectivity index (χ4n) is 3.74. The second-order valence-electron chi connectivity index (χ2n) is 7.91. The number of guanidine groups is 1. The molecule has 0 atom stereocenters. The molecule has 0 bridgehead atoms. The number of nitrogens with one attached hydrogen (secondary N) is 2. The number of aliphatic imine (C=N–C) groups is 1. The van der Waals surface area contributed by atoms with E-state index in [2.05, 4.69) is 21.7 Å². The molecule has 0 aromatic heterocycles. The maximum Gasteiger partial charge on any atom is 0.191 e. The molecule has 1 saturated carbocycles. The first-order valence-corrected chi connectivity index (χ1v) is 12.1. The minimum atomic E-state index is -3.23. The van der Waals surface area contributed by atoms with Crippen molar-refractivity contribution in [3.05, 3.63) is 34.9 Å². The summed E-state index contributed by atoms with van der Waals surface area (Å²) in [5, 5.41) is 7.41. The Balaban J connectivity index is 0.00000300. The first kappa shape index (κ1) is 24.7. The number of sulfone groups is 1. The predicted octanol–water partition coefficient (Wildman–Crippen LogP) is 3.14. The van der Waals surface area contributed by atoms with Crippen LogP contribution in [0.2, 0.25) is 5.02 Å². The second kappa shape index (κ2) is 10.2. The molecule has 1 heterocycles. The Morgan fingerprint density at radius 3 is 2.45 bits per heavy atom. The van der Waals surface area contributed by atoms with Gasteiger partial charge in [-0.25, -0.2) is 8.42 Å². The van der Waals surface area contributed by atoms with Gasteiger partial charge in [0.05, 0.1) is 11.3 Å². The summed E-state index contributed by atoms with van der Waals surface area (Å²) in [5.41, 5.74) is 1.31. The van der Waals surface area contributed by atoms with Gasteiger partial charge in [0.2, 0.25) is 0 Å². The number of hydrogen-bond donors (Lipinski definition) is 2. The minimum absolute atomic E-state index is 0. The van der Waals surface area contributed by atoms with Crippen LogP contribution >= 0.6 is 35.6 Å². The van der Waals surface area contributed by atoms with Crippen LogP contribution in [0.4, 0.5) is 0 Å². The number of benzene rings is 1. The molecule has 2 fully saturated rings. The molecule has 1 aliphatic carbocycles. The summed E-state index contributed by atoms with van der Waals surface area (Å²) in [6, 6.07) is 8.02. The van der Waals surface area contributed by atoms with Gasteiger partial charge in [0, 0.05) is 43.0 Å². The number of rotatable bonds is 7. The van der Waals surface area contributed by atoms with Crippen LogP contribution in [0.3, 0.4) is 0 Å². The molecule has 164 valence electrons. The summed E-state index contributed by atoms with van der Waals surface area (Å²) in [6.45, 7) is 4.63. The van der Waals surface area contributed by atoms with Gasteiger partial charge in [-0.3, -0.25) is 4.99 Å². The van der Waals surface area contributed by atoms with E-state index in [1.165, 1.54) is 11.8 Å². The highest BCUT2D eigenvalue weighted by atomic mass is 127. The highest BCUT2D eigenvalue weighted by Crippen LogP contribution is 2.48. The monoisotopic (exact) mass is 555 g/mol. The van der Waals surface area contributed by atoms with Gasteiger partial charge in [-0.1, -0.05) is 23.7 Å². The standard InChI is InChI=1S/C20H30ClN3O3S.HI/c1-3-22-18(24-15-20(28(2,25)26)9-11-27-12-10-20)23-14-19(7-8-19)16-5-4-6-17(21)13-16;/h4-6,13H,3,7-12,14-15H2,1-2H3,(H2,22,23,24);1H. The van der Waals surface area contributed by atoms with Gasteiger partial charge in [-0.2, -0.15) is 0 Å². The lowest BCUT2D eigenvalue weighted by Crippen LogP contribution is -2.48. The number of ether oxygens (including phenoxy) is 1. The lowest BCUT2D eigenvalue weighted by Gasteiger charge is -2.34. The van der Waals surface area contributed by atoms with Crippen molar-refractivity contribution in [2.45, 2.75) is 42.8 Å². The smallest absolute Gasteiger partial charge is 0.191 e. The molecule has 2 N–H and O–H groups in total. The molecule has 6 nitrogen and oxygen atoms in total. The summed E-state index contributed by atoms with van der Waals surface area (Å²) in [4.78, 5) is 4.65.